The first-order valence-corrected chi connectivity index (χ1v) is 6.71. The van der Waals surface area contributed by atoms with Gasteiger partial charge >= 0.3 is 0 Å². The summed E-state index contributed by atoms with van der Waals surface area (Å²) in [6, 6.07) is 4.78. The molecule has 2 nitrogen and oxygen atoms in total. The molecule has 1 N–H and O–H groups in total. The van der Waals surface area contributed by atoms with E-state index in [1.165, 1.54) is 17.9 Å². The van der Waals surface area contributed by atoms with Crippen LogP contribution in [0.4, 0.5) is 0 Å². The Bertz CT molecular complexity index is 283. The second kappa shape index (κ2) is 5.14. The molecule has 1 atom stereocenters. The fourth-order valence-electron chi connectivity index (χ4n) is 1.46. The molecule has 0 radical (unpaired) electrons. The van der Waals surface area contributed by atoms with Gasteiger partial charge in [0.2, 0.25) is 0 Å². The maximum absolute atomic E-state index is 4.32. The van der Waals surface area contributed by atoms with Crippen LogP contribution in [-0.4, -0.2) is 22.5 Å². The fourth-order valence-corrected chi connectivity index (χ4v) is 2.88. The SMILES string of the molecule is Brc1ccc(CNC2CCSC2)nc1. The lowest BCUT2D eigenvalue weighted by Gasteiger charge is -2.10. The van der Waals surface area contributed by atoms with Gasteiger partial charge in [0, 0.05) is 29.0 Å². The first-order chi connectivity index (χ1) is 6.84. The molecule has 0 amide bonds. The van der Waals surface area contributed by atoms with Crippen LogP contribution >= 0.6 is 27.7 Å². The minimum Gasteiger partial charge on any atom is -0.308 e. The summed E-state index contributed by atoms with van der Waals surface area (Å²) in [5.41, 5.74) is 1.12. The van der Waals surface area contributed by atoms with Gasteiger partial charge in [0.1, 0.15) is 0 Å². The number of hydrogen-bond donors (Lipinski definition) is 1. The quantitative estimate of drug-likeness (QED) is 0.915. The van der Waals surface area contributed by atoms with Crippen molar-refractivity contribution in [2.24, 2.45) is 0 Å². The van der Waals surface area contributed by atoms with E-state index in [9.17, 15) is 0 Å². The number of halogens is 1. The Labute approximate surface area is 97.0 Å². The van der Waals surface area contributed by atoms with E-state index in [0.29, 0.717) is 6.04 Å². The van der Waals surface area contributed by atoms with Crippen LogP contribution in [0.1, 0.15) is 12.1 Å². The van der Waals surface area contributed by atoms with Crippen LogP contribution in [0.5, 0.6) is 0 Å². The van der Waals surface area contributed by atoms with E-state index in [2.05, 4.69) is 32.3 Å². The topological polar surface area (TPSA) is 24.9 Å². The van der Waals surface area contributed by atoms with Gasteiger partial charge in [0.05, 0.1) is 5.69 Å². The van der Waals surface area contributed by atoms with E-state index in [4.69, 9.17) is 0 Å². The third kappa shape index (κ3) is 2.97. The highest BCUT2D eigenvalue weighted by molar-refractivity contribution is 9.10. The Hall–Kier alpha value is -0.0600. The molecule has 14 heavy (non-hydrogen) atoms. The van der Waals surface area contributed by atoms with Crippen molar-refractivity contribution in [3.63, 3.8) is 0 Å². The zero-order valence-electron chi connectivity index (χ0n) is 7.87. The number of aromatic nitrogens is 1. The van der Waals surface area contributed by atoms with Crippen molar-refractivity contribution >= 4 is 27.7 Å². The van der Waals surface area contributed by atoms with Crippen molar-refractivity contribution in [1.82, 2.24) is 10.3 Å². The van der Waals surface area contributed by atoms with Gasteiger partial charge in [-0.25, -0.2) is 0 Å². The zero-order chi connectivity index (χ0) is 9.80. The average Bonchev–Trinajstić information content (AvgIpc) is 2.70. The molecule has 1 aliphatic rings. The van der Waals surface area contributed by atoms with Crippen LogP contribution < -0.4 is 5.32 Å². The van der Waals surface area contributed by atoms with Gasteiger partial charge in [-0.1, -0.05) is 0 Å². The van der Waals surface area contributed by atoms with E-state index in [-0.39, 0.29) is 0 Å². The number of thioether (sulfide) groups is 1. The van der Waals surface area contributed by atoms with Crippen molar-refractivity contribution in [2.75, 3.05) is 11.5 Å². The van der Waals surface area contributed by atoms with E-state index in [0.717, 1.165) is 16.7 Å². The second-order valence-electron chi connectivity index (χ2n) is 3.41. The normalized spacial score (nSPS) is 21.4. The van der Waals surface area contributed by atoms with Crippen molar-refractivity contribution in [3.8, 4) is 0 Å². The molecule has 1 fully saturated rings. The zero-order valence-corrected chi connectivity index (χ0v) is 10.3. The molecule has 0 aliphatic carbocycles. The number of nitrogens with one attached hydrogen (secondary N) is 1. The third-order valence-electron chi connectivity index (χ3n) is 2.29. The summed E-state index contributed by atoms with van der Waals surface area (Å²) >= 11 is 5.41. The molecule has 0 saturated carbocycles. The summed E-state index contributed by atoms with van der Waals surface area (Å²) < 4.78 is 1.04. The van der Waals surface area contributed by atoms with E-state index >= 15 is 0 Å². The molecule has 1 aromatic rings. The van der Waals surface area contributed by atoms with Crippen molar-refractivity contribution < 1.29 is 0 Å². The van der Waals surface area contributed by atoms with Gasteiger partial charge in [-0.05, 0) is 40.2 Å². The standard InChI is InChI=1S/C10H13BrN2S/c11-8-1-2-9(12-5-8)6-13-10-3-4-14-7-10/h1-2,5,10,13H,3-4,6-7H2. The summed E-state index contributed by atoms with van der Waals surface area (Å²) in [5.74, 6) is 2.54. The molecule has 4 heteroatoms. The monoisotopic (exact) mass is 272 g/mol. The predicted octanol–water partition coefficient (Wildman–Crippen LogP) is 2.44. The van der Waals surface area contributed by atoms with Gasteiger partial charge in [-0.15, -0.1) is 0 Å². The lowest BCUT2D eigenvalue weighted by Crippen LogP contribution is -2.28. The minimum absolute atomic E-state index is 0.686. The number of pyridine rings is 1. The van der Waals surface area contributed by atoms with Gasteiger partial charge in [-0.2, -0.15) is 11.8 Å². The summed E-state index contributed by atoms with van der Waals surface area (Å²) in [4.78, 5) is 4.32. The van der Waals surface area contributed by atoms with Crippen molar-refractivity contribution in [2.45, 2.75) is 19.0 Å². The van der Waals surface area contributed by atoms with Crippen molar-refractivity contribution in [3.05, 3.63) is 28.5 Å². The van der Waals surface area contributed by atoms with E-state index in [1.807, 2.05) is 24.0 Å². The van der Waals surface area contributed by atoms with E-state index in [1.54, 1.807) is 0 Å². The van der Waals surface area contributed by atoms with Crippen LogP contribution in [0.3, 0.4) is 0 Å². The van der Waals surface area contributed by atoms with Gasteiger partial charge in [-0.3, -0.25) is 4.98 Å². The smallest absolute Gasteiger partial charge is 0.0542 e. The molecule has 1 aliphatic heterocycles. The Morgan fingerprint density at radius 2 is 2.50 bits per heavy atom. The highest BCUT2D eigenvalue weighted by Gasteiger charge is 2.14. The summed E-state index contributed by atoms with van der Waals surface area (Å²) in [7, 11) is 0. The predicted molar refractivity (Wildman–Crippen MR) is 64.5 cm³/mol. The molecule has 2 rings (SSSR count). The van der Waals surface area contributed by atoms with Crippen LogP contribution in [0.2, 0.25) is 0 Å². The lowest BCUT2D eigenvalue weighted by atomic mass is 10.2. The number of hydrogen-bond acceptors (Lipinski definition) is 3. The second-order valence-corrected chi connectivity index (χ2v) is 5.47. The van der Waals surface area contributed by atoms with Crippen LogP contribution in [-0.2, 0) is 6.54 Å². The Balaban J connectivity index is 1.82. The first kappa shape index (κ1) is 10.5. The molecule has 1 aromatic heterocycles. The molecule has 2 heterocycles. The maximum Gasteiger partial charge on any atom is 0.0542 e. The average molecular weight is 273 g/mol. The summed E-state index contributed by atoms with van der Waals surface area (Å²) in [6.07, 6.45) is 3.14. The molecule has 76 valence electrons. The van der Waals surface area contributed by atoms with Crippen LogP contribution in [0, 0.1) is 0 Å². The number of nitrogens with zero attached hydrogens (tertiary/aromatic N) is 1. The first-order valence-electron chi connectivity index (χ1n) is 4.76. The van der Waals surface area contributed by atoms with Crippen molar-refractivity contribution in [1.29, 1.82) is 0 Å². The molecule has 0 spiro atoms. The summed E-state index contributed by atoms with van der Waals surface area (Å²) in [6.45, 7) is 0.887. The summed E-state index contributed by atoms with van der Waals surface area (Å²) in [5, 5.41) is 3.52. The Kier molecular flexibility index (Phi) is 3.84. The molecule has 0 aromatic carbocycles. The third-order valence-corrected chi connectivity index (χ3v) is 3.92. The largest absolute Gasteiger partial charge is 0.308 e. The van der Waals surface area contributed by atoms with Crippen LogP contribution in [0.15, 0.2) is 22.8 Å². The van der Waals surface area contributed by atoms with Gasteiger partial charge in [0.25, 0.3) is 0 Å². The minimum atomic E-state index is 0.686. The fraction of sp³-hybridized carbons (Fsp3) is 0.500. The maximum atomic E-state index is 4.32. The Morgan fingerprint density at radius 3 is 3.14 bits per heavy atom. The lowest BCUT2D eigenvalue weighted by molar-refractivity contribution is 0.552. The van der Waals surface area contributed by atoms with E-state index < -0.39 is 0 Å². The molecule has 0 bridgehead atoms. The highest BCUT2D eigenvalue weighted by Crippen LogP contribution is 2.17. The molecule has 1 unspecified atom stereocenters. The van der Waals surface area contributed by atoms with Crippen LogP contribution in [0.25, 0.3) is 0 Å². The molecular weight excluding hydrogens is 260 g/mol. The van der Waals surface area contributed by atoms with Gasteiger partial charge < -0.3 is 5.32 Å². The molecular formula is C10H13BrN2S. The molecule has 1 saturated heterocycles. The Morgan fingerprint density at radius 1 is 1.57 bits per heavy atom. The highest BCUT2D eigenvalue weighted by atomic mass is 79.9. The number of rotatable bonds is 3. The van der Waals surface area contributed by atoms with Gasteiger partial charge in [0.15, 0.2) is 0 Å².